The van der Waals surface area contributed by atoms with E-state index in [1.807, 2.05) is 0 Å². The minimum absolute atomic E-state index is 0.0398. The largest absolute Gasteiger partial charge is 0.433 e. The smallest absolute Gasteiger partial charge is 0.249 e. The summed E-state index contributed by atoms with van der Waals surface area (Å²) in [6, 6.07) is 0. The Morgan fingerprint density at radius 2 is 1.75 bits per heavy atom. The van der Waals surface area contributed by atoms with Crippen LogP contribution in [-0.2, 0) is 0 Å². The van der Waals surface area contributed by atoms with Gasteiger partial charge in [0.15, 0.2) is 5.71 Å². The summed E-state index contributed by atoms with van der Waals surface area (Å²) in [5, 5.41) is 0. The van der Waals surface area contributed by atoms with Gasteiger partial charge in [0.1, 0.15) is 0 Å². The fourth-order valence-electron chi connectivity index (χ4n) is 1.14. The van der Waals surface area contributed by atoms with Crippen LogP contribution in [0.5, 0.6) is 0 Å². The molecule has 0 saturated heterocycles. The van der Waals surface area contributed by atoms with E-state index < -0.39 is 11.9 Å². The molecule has 0 N–H and O–H groups in total. The number of hydrogen-bond donors (Lipinski definition) is 0. The Labute approximate surface area is 94.1 Å². The normalized spacial score (nSPS) is 13.9. The van der Waals surface area contributed by atoms with Gasteiger partial charge in [-0.2, -0.15) is 13.2 Å². The lowest BCUT2D eigenvalue weighted by Gasteiger charge is -2.14. The molecular formula is C12H16F3N. The third-order valence-corrected chi connectivity index (χ3v) is 1.69. The summed E-state index contributed by atoms with van der Waals surface area (Å²) in [4.78, 5) is 3.46. The molecule has 16 heavy (non-hydrogen) atoms. The lowest BCUT2D eigenvalue weighted by Crippen LogP contribution is -2.25. The standard InChI is InChI=1S/C12H16F3N/c1-6-7-10(8(2)3)11(12(13,14)15)16-9(4)5/h7H,2,4,6H2,1,3,5H3/b10-7-,16-11+. The van der Waals surface area contributed by atoms with E-state index in [0.717, 1.165) is 0 Å². The van der Waals surface area contributed by atoms with Crippen molar-refractivity contribution in [3.05, 3.63) is 36.1 Å². The monoisotopic (exact) mass is 231 g/mol. The van der Waals surface area contributed by atoms with Gasteiger partial charge in [-0.25, -0.2) is 4.99 Å². The van der Waals surface area contributed by atoms with Gasteiger partial charge in [0.2, 0.25) is 0 Å². The Hall–Kier alpha value is -1.32. The fraction of sp³-hybridized carbons (Fsp3) is 0.417. The van der Waals surface area contributed by atoms with Crippen molar-refractivity contribution in [2.45, 2.75) is 33.4 Å². The minimum atomic E-state index is -4.49. The molecule has 0 unspecified atom stereocenters. The van der Waals surface area contributed by atoms with Gasteiger partial charge in [-0.05, 0) is 25.8 Å². The maximum absolute atomic E-state index is 12.8. The van der Waals surface area contributed by atoms with E-state index >= 15 is 0 Å². The van der Waals surface area contributed by atoms with Crippen molar-refractivity contribution in [1.29, 1.82) is 0 Å². The molecule has 0 amide bonds. The van der Waals surface area contributed by atoms with Crippen molar-refractivity contribution in [2.24, 2.45) is 4.99 Å². The molecule has 0 radical (unpaired) electrons. The summed E-state index contributed by atoms with van der Waals surface area (Å²) in [5.41, 5.74) is -0.415. The van der Waals surface area contributed by atoms with Crippen molar-refractivity contribution in [3.63, 3.8) is 0 Å². The van der Waals surface area contributed by atoms with Crippen molar-refractivity contribution >= 4 is 5.71 Å². The van der Waals surface area contributed by atoms with Gasteiger partial charge >= 0.3 is 6.18 Å². The highest BCUT2D eigenvalue weighted by atomic mass is 19.4. The van der Waals surface area contributed by atoms with Gasteiger partial charge in [0.05, 0.1) is 0 Å². The van der Waals surface area contributed by atoms with Gasteiger partial charge in [0.25, 0.3) is 0 Å². The molecule has 0 aliphatic heterocycles. The van der Waals surface area contributed by atoms with Crippen LogP contribution in [0.1, 0.15) is 27.2 Å². The first-order chi connectivity index (χ1) is 7.20. The van der Waals surface area contributed by atoms with E-state index in [0.29, 0.717) is 12.0 Å². The molecular weight excluding hydrogens is 215 g/mol. The van der Waals surface area contributed by atoms with Gasteiger partial charge in [-0.1, -0.05) is 26.2 Å². The van der Waals surface area contributed by atoms with Crippen LogP contribution in [0.2, 0.25) is 0 Å². The highest BCUT2D eigenvalue weighted by molar-refractivity contribution is 6.07. The number of nitrogens with zero attached hydrogens (tertiary/aromatic N) is 1. The third kappa shape index (κ3) is 4.47. The van der Waals surface area contributed by atoms with Crippen molar-refractivity contribution in [2.75, 3.05) is 0 Å². The molecule has 0 saturated carbocycles. The molecule has 0 fully saturated rings. The molecule has 90 valence electrons. The highest BCUT2D eigenvalue weighted by Gasteiger charge is 2.38. The first kappa shape index (κ1) is 14.7. The van der Waals surface area contributed by atoms with Crippen LogP contribution < -0.4 is 0 Å². The van der Waals surface area contributed by atoms with Crippen molar-refractivity contribution in [1.82, 2.24) is 0 Å². The first-order valence-electron chi connectivity index (χ1n) is 4.88. The van der Waals surface area contributed by atoms with Gasteiger partial charge in [-0.3, -0.25) is 0 Å². The van der Waals surface area contributed by atoms with Crippen LogP contribution >= 0.6 is 0 Å². The predicted octanol–water partition coefficient (Wildman–Crippen LogP) is 4.44. The van der Waals surface area contributed by atoms with Crippen molar-refractivity contribution in [3.8, 4) is 0 Å². The number of halogens is 3. The van der Waals surface area contributed by atoms with E-state index in [1.54, 1.807) is 6.92 Å². The van der Waals surface area contributed by atoms with Crippen LogP contribution in [0, 0.1) is 0 Å². The summed E-state index contributed by atoms with van der Waals surface area (Å²) >= 11 is 0. The Kier molecular flexibility index (Phi) is 5.21. The Balaban J connectivity index is 5.59. The summed E-state index contributed by atoms with van der Waals surface area (Å²) in [6.45, 7) is 11.6. The number of allylic oxidation sites excluding steroid dienone is 4. The second-order valence-electron chi connectivity index (χ2n) is 3.50. The van der Waals surface area contributed by atoms with Gasteiger partial charge < -0.3 is 0 Å². The molecule has 4 heteroatoms. The quantitative estimate of drug-likeness (QED) is 0.501. The summed E-state index contributed by atoms with van der Waals surface area (Å²) < 4.78 is 38.3. The van der Waals surface area contributed by atoms with Crippen LogP contribution in [0.25, 0.3) is 0 Å². The minimum Gasteiger partial charge on any atom is -0.249 e. The zero-order valence-corrected chi connectivity index (χ0v) is 9.78. The molecule has 0 aliphatic rings. The Bertz CT molecular complexity index is 346. The SMILES string of the molecule is C=C(C)/N=C(\C(=C/CC)C(=C)C)C(F)(F)F. The van der Waals surface area contributed by atoms with Crippen molar-refractivity contribution < 1.29 is 13.2 Å². The molecule has 0 aliphatic carbocycles. The van der Waals surface area contributed by atoms with Gasteiger partial charge in [-0.15, -0.1) is 0 Å². The molecule has 0 aromatic heterocycles. The molecule has 0 aromatic carbocycles. The second kappa shape index (κ2) is 5.68. The summed E-state index contributed by atoms with van der Waals surface area (Å²) in [7, 11) is 0. The zero-order valence-electron chi connectivity index (χ0n) is 9.78. The topological polar surface area (TPSA) is 12.4 Å². The Morgan fingerprint density at radius 3 is 2.00 bits per heavy atom. The molecule has 0 heterocycles. The molecule has 1 nitrogen and oxygen atoms in total. The van der Waals surface area contributed by atoms with Gasteiger partial charge in [0, 0.05) is 11.3 Å². The number of alkyl halides is 3. The second-order valence-corrected chi connectivity index (χ2v) is 3.50. The van der Waals surface area contributed by atoms with Crippen LogP contribution in [0.4, 0.5) is 13.2 Å². The molecule has 0 bridgehead atoms. The third-order valence-electron chi connectivity index (χ3n) is 1.69. The van der Waals surface area contributed by atoms with E-state index in [9.17, 15) is 13.2 Å². The lowest BCUT2D eigenvalue weighted by atomic mass is 10.0. The van der Waals surface area contributed by atoms with E-state index in [2.05, 4.69) is 18.2 Å². The predicted molar refractivity (Wildman–Crippen MR) is 61.5 cm³/mol. The first-order valence-corrected chi connectivity index (χ1v) is 4.88. The summed E-state index contributed by atoms with van der Waals surface area (Å²) in [6.07, 6.45) is -2.52. The number of aliphatic imine (C=N–C) groups is 1. The number of hydrogen-bond acceptors (Lipinski definition) is 1. The molecule has 0 rings (SSSR count). The summed E-state index contributed by atoms with van der Waals surface area (Å²) in [5.74, 6) is 0. The average molecular weight is 231 g/mol. The van der Waals surface area contributed by atoms with Crippen LogP contribution in [0.3, 0.4) is 0 Å². The van der Waals surface area contributed by atoms with Crippen LogP contribution in [0.15, 0.2) is 41.1 Å². The molecule has 0 spiro atoms. The van der Waals surface area contributed by atoms with E-state index in [1.165, 1.54) is 19.9 Å². The lowest BCUT2D eigenvalue weighted by molar-refractivity contribution is -0.0581. The average Bonchev–Trinajstić information content (AvgIpc) is 2.08. The highest BCUT2D eigenvalue weighted by Crippen LogP contribution is 2.26. The zero-order chi connectivity index (χ0) is 12.9. The van der Waals surface area contributed by atoms with E-state index in [-0.39, 0.29) is 11.3 Å². The number of rotatable bonds is 4. The van der Waals surface area contributed by atoms with E-state index in [4.69, 9.17) is 0 Å². The van der Waals surface area contributed by atoms with Crippen LogP contribution in [-0.4, -0.2) is 11.9 Å². The molecule has 0 aromatic rings. The molecule has 0 atom stereocenters. The maximum Gasteiger partial charge on any atom is 0.433 e. The maximum atomic E-state index is 12.8. The fourth-order valence-corrected chi connectivity index (χ4v) is 1.14. The Morgan fingerprint density at radius 1 is 1.25 bits per heavy atom.